The van der Waals surface area contributed by atoms with E-state index in [2.05, 4.69) is 5.32 Å². The van der Waals surface area contributed by atoms with Crippen molar-refractivity contribution in [1.29, 1.82) is 0 Å². The third-order valence-corrected chi connectivity index (χ3v) is 5.66. The van der Waals surface area contributed by atoms with Gasteiger partial charge in [-0.3, -0.25) is 19.0 Å². The Bertz CT molecular complexity index is 1200. The standard InChI is InChI=1S/C23H22ClN3O3/c1-15-8-9-19(18(24)12-15)25-21(28)14-27-20-7-3-2-6-16(20)17(13-22(27)29)23(30)26-10-4-5-11-26/h2-3,6-9,12-13H,4-5,10-11,14H2,1H3,(H,25,28). The average Bonchev–Trinajstić information content (AvgIpc) is 3.26. The van der Waals surface area contributed by atoms with Gasteiger partial charge in [0.15, 0.2) is 0 Å². The normalized spacial score (nSPS) is 13.6. The Hall–Kier alpha value is -3.12. The largest absolute Gasteiger partial charge is 0.339 e. The van der Waals surface area contributed by atoms with Crippen molar-refractivity contribution in [3.8, 4) is 0 Å². The van der Waals surface area contributed by atoms with Crippen LogP contribution in [-0.4, -0.2) is 34.4 Å². The van der Waals surface area contributed by atoms with Crippen LogP contribution in [0.4, 0.5) is 5.69 Å². The number of carbonyl (C=O) groups excluding carboxylic acids is 2. The van der Waals surface area contributed by atoms with Crippen LogP contribution in [0.5, 0.6) is 0 Å². The van der Waals surface area contributed by atoms with E-state index in [-0.39, 0.29) is 23.9 Å². The van der Waals surface area contributed by atoms with Gasteiger partial charge in [-0.15, -0.1) is 0 Å². The Kier molecular flexibility index (Phi) is 5.59. The number of aryl methyl sites for hydroxylation is 1. The predicted molar refractivity (Wildman–Crippen MR) is 118 cm³/mol. The van der Waals surface area contributed by atoms with Crippen LogP contribution in [0.1, 0.15) is 28.8 Å². The van der Waals surface area contributed by atoms with E-state index in [1.807, 2.05) is 25.1 Å². The van der Waals surface area contributed by atoms with Crippen molar-refractivity contribution in [2.45, 2.75) is 26.3 Å². The van der Waals surface area contributed by atoms with E-state index in [0.29, 0.717) is 40.3 Å². The number of rotatable bonds is 4. The number of likely N-dealkylation sites (tertiary alicyclic amines) is 1. The lowest BCUT2D eigenvalue weighted by molar-refractivity contribution is -0.116. The Balaban J connectivity index is 1.67. The van der Waals surface area contributed by atoms with Gasteiger partial charge in [-0.1, -0.05) is 35.9 Å². The number of nitrogens with zero attached hydrogens (tertiary/aromatic N) is 2. The molecule has 0 unspecified atom stereocenters. The SMILES string of the molecule is Cc1ccc(NC(=O)Cn2c(=O)cc(C(=O)N3CCCC3)c3ccccc32)c(Cl)c1. The van der Waals surface area contributed by atoms with E-state index in [1.165, 1.54) is 10.6 Å². The molecule has 1 fully saturated rings. The van der Waals surface area contributed by atoms with Crippen molar-refractivity contribution in [1.82, 2.24) is 9.47 Å². The molecular formula is C23H22ClN3O3. The fourth-order valence-corrected chi connectivity index (χ4v) is 4.10. The van der Waals surface area contributed by atoms with Crippen LogP contribution in [0.15, 0.2) is 53.3 Å². The van der Waals surface area contributed by atoms with Crippen LogP contribution >= 0.6 is 11.6 Å². The monoisotopic (exact) mass is 423 g/mol. The highest BCUT2D eigenvalue weighted by molar-refractivity contribution is 6.33. The second-order valence-electron chi connectivity index (χ2n) is 7.53. The zero-order chi connectivity index (χ0) is 21.3. The van der Waals surface area contributed by atoms with E-state index in [4.69, 9.17) is 11.6 Å². The maximum atomic E-state index is 12.9. The van der Waals surface area contributed by atoms with E-state index < -0.39 is 0 Å². The van der Waals surface area contributed by atoms with Gasteiger partial charge in [0, 0.05) is 24.5 Å². The lowest BCUT2D eigenvalue weighted by atomic mass is 10.1. The third-order valence-electron chi connectivity index (χ3n) is 5.34. The Morgan fingerprint density at radius 3 is 2.53 bits per heavy atom. The number of benzene rings is 2. The summed E-state index contributed by atoms with van der Waals surface area (Å²) in [6.07, 6.45) is 1.95. The number of hydrogen-bond acceptors (Lipinski definition) is 3. The molecule has 2 heterocycles. The highest BCUT2D eigenvalue weighted by Gasteiger charge is 2.23. The first-order valence-electron chi connectivity index (χ1n) is 9.92. The number of halogens is 1. The molecule has 1 aromatic heterocycles. The van der Waals surface area contributed by atoms with Gasteiger partial charge in [-0.25, -0.2) is 0 Å². The molecule has 4 rings (SSSR count). The number of carbonyl (C=O) groups is 2. The maximum Gasteiger partial charge on any atom is 0.254 e. The van der Waals surface area contributed by atoms with E-state index >= 15 is 0 Å². The molecule has 1 N–H and O–H groups in total. The zero-order valence-corrected chi connectivity index (χ0v) is 17.4. The first kappa shape index (κ1) is 20.2. The molecular weight excluding hydrogens is 402 g/mol. The van der Waals surface area contributed by atoms with Gasteiger partial charge in [0.1, 0.15) is 6.54 Å². The van der Waals surface area contributed by atoms with Crippen LogP contribution in [0.3, 0.4) is 0 Å². The number of para-hydroxylation sites is 1. The fourth-order valence-electron chi connectivity index (χ4n) is 3.82. The summed E-state index contributed by atoms with van der Waals surface area (Å²) in [5.41, 5.74) is 2.03. The smallest absolute Gasteiger partial charge is 0.254 e. The van der Waals surface area contributed by atoms with Crippen LogP contribution in [0.2, 0.25) is 5.02 Å². The topological polar surface area (TPSA) is 71.4 Å². The Labute approximate surface area is 179 Å². The summed E-state index contributed by atoms with van der Waals surface area (Å²) in [5, 5.41) is 3.85. The van der Waals surface area contributed by atoms with E-state index in [1.54, 1.807) is 29.2 Å². The average molecular weight is 424 g/mol. The summed E-state index contributed by atoms with van der Waals surface area (Å²) in [7, 11) is 0. The predicted octanol–water partition coefficient (Wildman–Crippen LogP) is 3.84. The molecule has 0 aliphatic carbocycles. The summed E-state index contributed by atoms with van der Waals surface area (Å²) in [5.74, 6) is -0.504. The molecule has 3 aromatic rings. The fraction of sp³-hybridized carbons (Fsp3) is 0.261. The van der Waals surface area contributed by atoms with Crippen LogP contribution in [0, 0.1) is 6.92 Å². The first-order valence-corrected chi connectivity index (χ1v) is 10.3. The number of anilines is 1. The summed E-state index contributed by atoms with van der Waals surface area (Å²) in [4.78, 5) is 40.2. The molecule has 154 valence electrons. The minimum Gasteiger partial charge on any atom is -0.339 e. The summed E-state index contributed by atoms with van der Waals surface area (Å²) in [6.45, 7) is 3.14. The number of pyridine rings is 1. The van der Waals surface area contributed by atoms with Gasteiger partial charge in [-0.2, -0.15) is 0 Å². The summed E-state index contributed by atoms with van der Waals surface area (Å²) >= 11 is 6.20. The molecule has 0 spiro atoms. The number of nitrogens with one attached hydrogen (secondary N) is 1. The Morgan fingerprint density at radius 1 is 1.07 bits per heavy atom. The van der Waals surface area contributed by atoms with Gasteiger partial charge in [0.25, 0.3) is 11.5 Å². The summed E-state index contributed by atoms with van der Waals surface area (Å²) in [6, 6.07) is 13.9. The van der Waals surface area contributed by atoms with Crippen LogP contribution in [-0.2, 0) is 11.3 Å². The van der Waals surface area contributed by atoms with Crippen molar-refractivity contribution in [2.75, 3.05) is 18.4 Å². The van der Waals surface area contributed by atoms with Crippen molar-refractivity contribution in [3.05, 3.63) is 75.0 Å². The van der Waals surface area contributed by atoms with Gasteiger partial charge >= 0.3 is 0 Å². The van der Waals surface area contributed by atoms with E-state index in [9.17, 15) is 14.4 Å². The molecule has 6 nitrogen and oxygen atoms in total. The summed E-state index contributed by atoms with van der Waals surface area (Å²) < 4.78 is 1.38. The van der Waals surface area contributed by atoms with Crippen molar-refractivity contribution in [2.24, 2.45) is 0 Å². The van der Waals surface area contributed by atoms with E-state index in [0.717, 1.165) is 18.4 Å². The molecule has 1 saturated heterocycles. The number of aromatic nitrogens is 1. The van der Waals surface area contributed by atoms with Crippen molar-refractivity contribution < 1.29 is 9.59 Å². The number of amides is 2. The maximum absolute atomic E-state index is 12.9. The Morgan fingerprint density at radius 2 is 1.80 bits per heavy atom. The van der Waals surface area contributed by atoms with Gasteiger partial charge in [0.05, 0.1) is 21.8 Å². The molecule has 0 radical (unpaired) electrons. The van der Waals surface area contributed by atoms with Crippen molar-refractivity contribution in [3.63, 3.8) is 0 Å². The second kappa shape index (κ2) is 8.32. The lowest BCUT2D eigenvalue weighted by Crippen LogP contribution is -2.32. The molecule has 0 saturated carbocycles. The molecule has 0 bridgehead atoms. The molecule has 1 aliphatic heterocycles. The van der Waals surface area contributed by atoms with Crippen molar-refractivity contribution >= 4 is 40.0 Å². The number of fused-ring (bicyclic) bond motifs is 1. The number of hydrogen-bond donors (Lipinski definition) is 1. The molecule has 2 aromatic carbocycles. The molecule has 7 heteroatoms. The highest BCUT2D eigenvalue weighted by atomic mass is 35.5. The van der Waals surface area contributed by atoms with Crippen LogP contribution < -0.4 is 10.9 Å². The highest BCUT2D eigenvalue weighted by Crippen LogP contribution is 2.23. The molecule has 30 heavy (non-hydrogen) atoms. The first-order chi connectivity index (χ1) is 14.4. The third kappa shape index (κ3) is 3.96. The lowest BCUT2D eigenvalue weighted by Gasteiger charge is -2.18. The van der Waals surface area contributed by atoms with Gasteiger partial charge in [-0.05, 0) is 43.5 Å². The quantitative estimate of drug-likeness (QED) is 0.693. The van der Waals surface area contributed by atoms with Gasteiger partial charge in [0.2, 0.25) is 5.91 Å². The molecule has 0 atom stereocenters. The van der Waals surface area contributed by atoms with Gasteiger partial charge < -0.3 is 10.2 Å². The minimum absolute atomic E-state index is 0.135. The molecule has 2 amide bonds. The zero-order valence-electron chi connectivity index (χ0n) is 16.7. The van der Waals surface area contributed by atoms with Crippen LogP contribution in [0.25, 0.3) is 10.9 Å². The second-order valence-corrected chi connectivity index (χ2v) is 7.94. The minimum atomic E-state index is -0.388. The molecule has 1 aliphatic rings.